The molecule has 1 aromatic carbocycles. The number of aryl methyl sites for hydroxylation is 1. The maximum atomic E-state index is 13.9. The van der Waals surface area contributed by atoms with E-state index in [4.69, 9.17) is 0 Å². The monoisotopic (exact) mass is 552 g/mol. The third kappa shape index (κ3) is 4.18. The summed E-state index contributed by atoms with van der Waals surface area (Å²) in [6.07, 6.45) is -1.93. The Kier molecular flexibility index (Phi) is 5.97. The first-order chi connectivity index (χ1) is 17.8. The summed E-state index contributed by atoms with van der Waals surface area (Å²) in [5, 5.41) is 13.2. The van der Waals surface area contributed by atoms with E-state index in [9.17, 15) is 35.6 Å². The average molecular weight is 553 g/mol. The molecule has 0 saturated heterocycles. The Morgan fingerprint density at radius 3 is 2.26 bits per heavy atom. The summed E-state index contributed by atoms with van der Waals surface area (Å²) in [5.41, 5.74) is -0.240. The van der Waals surface area contributed by atoms with Gasteiger partial charge in [-0.2, -0.15) is 22.0 Å². The number of nitrogens with zero attached hydrogens (tertiary/aromatic N) is 4. The highest BCUT2D eigenvalue weighted by Crippen LogP contribution is 2.44. The van der Waals surface area contributed by atoms with Crippen LogP contribution in [0.4, 0.5) is 22.0 Å². The normalized spacial score (nSPS) is 14.8. The molecule has 0 atom stereocenters. The van der Waals surface area contributed by atoms with Gasteiger partial charge in [-0.25, -0.2) is 27.7 Å². The van der Waals surface area contributed by atoms with Crippen molar-refractivity contribution in [3.8, 4) is 22.6 Å². The maximum absolute atomic E-state index is 13.9. The summed E-state index contributed by atoms with van der Waals surface area (Å²) in [4.78, 5) is 7.64. The van der Waals surface area contributed by atoms with E-state index in [1.165, 1.54) is 31.8 Å². The second-order valence-electron chi connectivity index (χ2n) is 9.19. The molecule has 5 rings (SSSR count). The van der Waals surface area contributed by atoms with Gasteiger partial charge in [-0.05, 0) is 36.0 Å². The van der Waals surface area contributed by atoms with Gasteiger partial charge in [0.1, 0.15) is 4.90 Å². The number of sulfone groups is 1. The third-order valence-electron chi connectivity index (χ3n) is 6.68. The van der Waals surface area contributed by atoms with Crippen molar-refractivity contribution in [2.75, 3.05) is 5.75 Å². The number of pyridine rings is 2. The number of benzene rings is 1. The molecule has 0 amide bonds. The fourth-order valence-electron chi connectivity index (χ4n) is 4.32. The Hall–Kier alpha value is -3.61. The number of halogens is 5. The van der Waals surface area contributed by atoms with Gasteiger partial charge in [-0.3, -0.25) is 0 Å². The number of fused-ring (bicyclic) bond motifs is 1. The van der Waals surface area contributed by atoms with E-state index in [2.05, 4.69) is 9.97 Å². The van der Waals surface area contributed by atoms with Crippen LogP contribution in [0.1, 0.15) is 36.8 Å². The molecule has 0 aliphatic heterocycles. The lowest BCUT2D eigenvalue weighted by Crippen LogP contribution is -2.34. The Morgan fingerprint density at radius 1 is 1.03 bits per heavy atom. The van der Waals surface area contributed by atoms with E-state index in [-0.39, 0.29) is 32.5 Å². The van der Waals surface area contributed by atoms with E-state index >= 15 is 0 Å². The molecule has 4 aromatic rings. The number of rotatable bonds is 6. The Morgan fingerprint density at radius 2 is 1.68 bits per heavy atom. The van der Waals surface area contributed by atoms with Crippen LogP contribution in [0, 0.1) is 5.21 Å². The lowest BCUT2D eigenvalue weighted by molar-refractivity contribution is -0.565. The molecule has 3 aromatic heterocycles. The van der Waals surface area contributed by atoms with Crippen LogP contribution in [0.25, 0.3) is 33.8 Å². The fourth-order valence-corrected chi connectivity index (χ4v) is 5.38. The number of aromatic nitrogens is 4. The van der Waals surface area contributed by atoms with Crippen molar-refractivity contribution in [3.63, 3.8) is 0 Å². The van der Waals surface area contributed by atoms with Gasteiger partial charge in [0.25, 0.3) is 5.65 Å². The highest BCUT2D eigenvalue weighted by atomic mass is 32.2. The lowest BCUT2D eigenvalue weighted by atomic mass is 10.0. The first-order valence-corrected chi connectivity index (χ1v) is 13.3. The van der Waals surface area contributed by atoms with Crippen molar-refractivity contribution in [1.82, 2.24) is 14.5 Å². The van der Waals surface area contributed by atoms with Crippen molar-refractivity contribution >= 4 is 21.0 Å². The van der Waals surface area contributed by atoms with E-state index in [0.29, 0.717) is 29.3 Å². The molecule has 7 nitrogen and oxygen atoms in total. The standard InChI is InChI=1S/C25H21F5N4O3S/c1-3-38(36,37)20-10-17(16-8-6-15(7-9-16)14-4-5-14)12-31-21(20)23-33(2)22-19(34(23)35)11-18(13-32-22)24(26,27)25(28,29)30/h6-14H,3-5H2,1-2H3. The first kappa shape index (κ1) is 26.0. The molecule has 1 aliphatic carbocycles. The highest BCUT2D eigenvalue weighted by Gasteiger charge is 2.59. The summed E-state index contributed by atoms with van der Waals surface area (Å²) < 4.78 is 93.8. The van der Waals surface area contributed by atoms with Crippen LogP contribution >= 0.6 is 0 Å². The predicted octanol–water partition coefficient (Wildman–Crippen LogP) is 5.26. The lowest BCUT2D eigenvalue weighted by Gasteiger charge is -2.19. The van der Waals surface area contributed by atoms with Crippen molar-refractivity contribution in [2.45, 2.75) is 42.7 Å². The van der Waals surface area contributed by atoms with E-state index in [1.54, 1.807) is 0 Å². The Bertz CT molecular complexity index is 1660. The molecule has 38 heavy (non-hydrogen) atoms. The largest absolute Gasteiger partial charge is 0.710 e. The molecule has 0 spiro atoms. The molecule has 0 bridgehead atoms. The molecule has 1 fully saturated rings. The van der Waals surface area contributed by atoms with Gasteiger partial charge >= 0.3 is 17.9 Å². The maximum Gasteiger partial charge on any atom is 0.458 e. The van der Waals surface area contributed by atoms with Gasteiger partial charge in [-0.15, -0.1) is 0 Å². The summed E-state index contributed by atoms with van der Waals surface area (Å²) in [7, 11) is -2.64. The van der Waals surface area contributed by atoms with Crippen LogP contribution in [0.2, 0.25) is 0 Å². The summed E-state index contributed by atoms with van der Waals surface area (Å²) in [6.45, 7) is 1.41. The van der Waals surface area contributed by atoms with Crippen LogP contribution < -0.4 is 4.73 Å². The van der Waals surface area contributed by atoms with E-state index < -0.39 is 33.0 Å². The second kappa shape index (κ2) is 8.72. The minimum atomic E-state index is -5.90. The zero-order chi connectivity index (χ0) is 27.6. The van der Waals surface area contributed by atoms with Crippen LogP contribution in [0.5, 0.6) is 0 Å². The van der Waals surface area contributed by atoms with E-state index in [0.717, 1.165) is 17.4 Å². The molecule has 1 saturated carbocycles. The van der Waals surface area contributed by atoms with Crippen LogP contribution in [-0.2, 0) is 22.8 Å². The number of alkyl halides is 5. The molecule has 3 heterocycles. The molecule has 0 N–H and O–H groups in total. The predicted molar refractivity (Wildman–Crippen MR) is 128 cm³/mol. The van der Waals surface area contributed by atoms with Crippen molar-refractivity contribution < 1.29 is 35.1 Å². The highest BCUT2D eigenvalue weighted by molar-refractivity contribution is 7.91. The van der Waals surface area contributed by atoms with Crippen molar-refractivity contribution in [1.29, 1.82) is 0 Å². The van der Waals surface area contributed by atoms with E-state index in [1.807, 2.05) is 24.3 Å². The summed E-state index contributed by atoms with van der Waals surface area (Å²) >= 11 is 0. The van der Waals surface area contributed by atoms with Crippen LogP contribution in [-0.4, -0.2) is 34.9 Å². The zero-order valence-electron chi connectivity index (χ0n) is 20.1. The molecule has 13 heteroatoms. The fraction of sp³-hybridized carbons (Fsp3) is 0.320. The van der Waals surface area contributed by atoms with Crippen LogP contribution in [0.3, 0.4) is 0 Å². The van der Waals surface area contributed by atoms with Gasteiger partial charge < -0.3 is 5.21 Å². The minimum absolute atomic E-state index is 0.0689. The van der Waals surface area contributed by atoms with Gasteiger partial charge in [0.05, 0.1) is 18.4 Å². The molecular weight excluding hydrogens is 531 g/mol. The zero-order valence-corrected chi connectivity index (χ0v) is 20.9. The van der Waals surface area contributed by atoms with Gasteiger partial charge in [0, 0.05) is 24.0 Å². The van der Waals surface area contributed by atoms with Crippen LogP contribution in [0.15, 0.2) is 53.7 Å². The Labute approximate surface area is 214 Å². The molecule has 0 radical (unpaired) electrons. The smallest absolute Gasteiger partial charge is 0.458 e. The quantitative estimate of drug-likeness (QED) is 0.185. The van der Waals surface area contributed by atoms with Gasteiger partial charge in [0.15, 0.2) is 21.0 Å². The summed E-state index contributed by atoms with van der Waals surface area (Å²) in [6, 6.07) is 9.40. The number of hydrogen-bond acceptors (Lipinski definition) is 5. The third-order valence-corrected chi connectivity index (χ3v) is 8.43. The molecule has 1 aliphatic rings. The summed E-state index contributed by atoms with van der Waals surface area (Å²) in [5.74, 6) is -5.41. The topological polar surface area (TPSA) is 91.8 Å². The van der Waals surface area contributed by atoms with Crippen molar-refractivity contribution in [3.05, 3.63) is 65.1 Å². The molecular formula is C25H21F5N4O3S. The second-order valence-corrected chi connectivity index (χ2v) is 11.4. The number of imidazole rings is 1. The van der Waals surface area contributed by atoms with Gasteiger partial charge in [0.2, 0.25) is 0 Å². The minimum Gasteiger partial charge on any atom is -0.710 e. The average Bonchev–Trinajstić information content (AvgIpc) is 3.70. The molecule has 200 valence electrons. The Balaban J connectivity index is 1.68. The van der Waals surface area contributed by atoms with Gasteiger partial charge in [-0.1, -0.05) is 31.2 Å². The number of hydrogen-bond donors (Lipinski definition) is 0. The first-order valence-electron chi connectivity index (χ1n) is 11.6. The van der Waals surface area contributed by atoms with Crippen molar-refractivity contribution in [2.24, 2.45) is 7.05 Å². The molecule has 0 unspecified atom stereocenters. The SMILES string of the molecule is CCS(=O)(=O)c1cc(-c2ccc(C3CC3)cc2)cnc1-c1n(C)c2ncc(C(F)(F)C(F)(F)F)cc2[n+]1[O-].